The molecule has 0 atom stereocenters. The van der Waals surface area contributed by atoms with Gasteiger partial charge in [0.05, 0.1) is 10.8 Å². The summed E-state index contributed by atoms with van der Waals surface area (Å²) < 4.78 is 21.3. The van der Waals surface area contributed by atoms with Crippen LogP contribution in [0, 0.1) is 0 Å². The van der Waals surface area contributed by atoms with E-state index in [1.807, 2.05) is 0 Å². The zero-order valence-corrected chi connectivity index (χ0v) is 10.8. The number of aromatic carboxylic acids is 1. The Balaban J connectivity index is 2.58. The van der Waals surface area contributed by atoms with Gasteiger partial charge in [0.15, 0.2) is 5.69 Å². The summed E-state index contributed by atoms with van der Waals surface area (Å²) in [5, 5.41) is 16.5. The molecule has 1 rings (SSSR count). The lowest BCUT2D eigenvalue weighted by Gasteiger charge is -2.06. The second kappa shape index (κ2) is 5.98. The second-order valence-electron chi connectivity index (χ2n) is 3.48. The topological polar surface area (TPSA) is 122 Å². The molecular weight excluding hydrogens is 282 g/mol. The molecule has 100 valence electrons. The predicted molar refractivity (Wildman–Crippen MR) is 67.3 cm³/mol. The van der Waals surface area contributed by atoms with Crippen LogP contribution in [-0.4, -0.2) is 36.8 Å². The Bertz CT molecular complexity index is 547. The monoisotopic (exact) mass is 293 g/mol. The van der Waals surface area contributed by atoms with Gasteiger partial charge in [-0.05, 0) is 18.6 Å². The van der Waals surface area contributed by atoms with Crippen molar-refractivity contribution in [2.24, 2.45) is 5.14 Å². The molecule has 0 bridgehead atoms. The summed E-state index contributed by atoms with van der Waals surface area (Å²) >= 11 is 5.65. The third-order valence-electron chi connectivity index (χ3n) is 1.96. The summed E-state index contributed by atoms with van der Waals surface area (Å²) in [6, 6.07) is 2.91. The molecule has 1 heterocycles. The van der Waals surface area contributed by atoms with Crippen LogP contribution in [0.5, 0.6) is 0 Å². The summed E-state index contributed by atoms with van der Waals surface area (Å²) in [4.78, 5) is 14.5. The van der Waals surface area contributed by atoms with Crippen molar-refractivity contribution in [1.29, 1.82) is 0 Å². The number of pyridine rings is 1. The van der Waals surface area contributed by atoms with Crippen LogP contribution in [0.1, 0.15) is 16.9 Å². The Morgan fingerprint density at radius 3 is 2.72 bits per heavy atom. The van der Waals surface area contributed by atoms with Gasteiger partial charge in [0.1, 0.15) is 5.82 Å². The normalized spacial score (nSPS) is 11.2. The average molecular weight is 294 g/mol. The van der Waals surface area contributed by atoms with Gasteiger partial charge in [-0.25, -0.2) is 23.3 Å². The molecule has 0 aliphatic heterocycles. The first-order valence-electron chi connectivity index (χ1n) is 4.94. The molecule has 1 aromatic rings. The van der Waals surface area contributed by atoms with Crippen LogP contribution in [0.4, 0.5) is 5.82 Å². The molecule has 0 spiro atoms. The number of anilines is 1. The zero-order chi connectivity index (χ0) is 13.8. The Labute approximate surface area is 109 Å². The van der Waals surface area contributed by atoms with Crippen molar-refractivity contribution < 1.29 is 18.3 Å². The molecule has 7 nitrogen and oxygen atoms in total. The Hall–Kier alpha value is -1.38. The number of carboxylic acid groups (broad SMARTS) is 1. The van der Waals surface area contributed by atoms with Crippen LogP contribution in [0.15, 0.2) is 12.1 Å². The van der Waals surface area contributed by atoms with Crippen LogP contribution in [0.2, 0.25) is 5.02 Å². The van der Waals surface area contributed by atoms with E-state index in [0.29, 0.717) is 18.8 Å². The van der Waals surface area contributed by atoms with Crippen molar-refractivity contribution in [1.82, 2.24) is 4.98 Å². The fourth-order valence-electron chi connectivity index (χ4n) is 1.18. The van der Waals surface area contributed by atoms with E-state index in [1.54, 1.807) is 0 Å². The molecule has 0 aliphatic carbocycles. The van der Waals surface area contributed by atoms with E-state index >= 15 is 0 Å². The lowest BCUT2D eigenvalue weighted by atomic mass is 10.3. The summed E-state index contributed by atoms with van der Waals surface area (Å²) in [6.07, 6.45) is 0.297. The number of nitrogens with zero attached hydrogens (tertiary/aromatic N) is 1. The minimum atomic E-state index is -3.48. The van der Waals surface area contributed by atoms with E-state index in [-0.39, 0.29) is 16.5 Å². The van der Waals surface area contributed by atoms with E-state index in [2.05, 4.69) is 10.3 Å². The summed E-state index contributed by atoms with van der Waals surface area (Å²) in [7, 11) is -3.48. The number of hydrogen-bond acceptors (Lipinski definition) is 5. The Kier molecular flexibility index (Phi) is 4.88. The smallest absolute Gasteiger partial charge is 0.356 e. The number of primary sulfonamides is 1. The molecule has 0 saturated heterocycles. The molecule has 1 aromatic heterocycles. The van der Waals surface area contributed by atoms with E-state index < -0.39 is 16.0 Å². The van der Waals surface area contributed by atoms with Gasteiger partial charge in [0.2, 0.25) is 10.0 Å². The summed E-state index contributed by atoms with van der Waals surface area (Å²) in [5.74, 6) is -1.07. The number of nitrogens with one attached hydrogen (secondary N) is 1. The van der Waals surface area contributed by atoms with Gasteiger partial charge < -0.3 is 10.4 Å². The molecule has 0 aliphatic rings. The number of rotatable bonds is 6. The fraction of sp³-hybridized carbons (Fsp3) is 0.333. The van der Waals surface area contributed by atoms with Crippen molar-refractivity contribution >= 4 is 33.4 Å². The minimum absolute atomic E-state index is 0.0394. The quantitative estimate of drug-likeness (QED) is 0.657. The zero-order valence-electron chi connectivity index (χ0n) is 9.26. The maximum atomic E-state index is 10.8. The van der Waals surface area contributed by atoms with Crippen molar-refractivity contribution in [3.8, 4) is 0 Å². The molecule has 18 heavy (non-hydrogen) atoms. The van der Waals surface area contributed by atoms with Gasteiger partial charge in [0, 0.05) is 6.54 Å². The van der Waals surface area contributed by atoms with Crippen LogP contribution in [0.3, 0.4) is 0 Å². The first-order chi connectivity index (χ1) is 8.29. The third kappa shape index (κ3) is 4.86. The molecule has 0 unspecified atom stereocenters. The first-order valence-corrected chi connectivity index (χ1v) is 7.03. The minimum Gasteiger partial charge on any atom is -0.476 e. The highest BCUT2D eigenvalue weighted by molar-refractivity contribution is 7.89. The third-order valence-corrected chi connectivity index (χ3v) is 3.12. The van der Waals surface area contributed by atoms with Crippen LogP contribution in [0.25, 0.3) is 0 Å². The number of carbonyl (C=O) groups is 1. The van der Waals surface area contributed by atoms with Gasteiger partial charge in [-0.1, -0.05) is 11.6 Å². The average Bonchev–Trinajstić information content (AvgIpc) is 2.24. The summed E-state index contributed by atoms with van der Waals surface area (Å²) in [5.41, 5.74) is -0.256. The molecule has 9 heteroatoms. The molecule has 0 fully saturated rings. The van der Waals surface area contributed by atoms with Crippen molar-refractivity contribution in [2.45, 2.75) is 6.42 Å². The molecule has 0 aromatic carbocycles. The van der Waals surface area contributed by atoms with Gasteiger partial charge in [-0.3, -0.25) is 0 Å². The Morgan fingerprint density at radius 1 is 1.50 bits per heavy atom. The van der Waals surface area contributed by atoms with E-state index in [1.165, 1.54) is 12.1 Å². The van der Waals surface area contributed by atoms with Crippen molar-refractivity contribution in [3.63, 3.8) is 0 Å². The SMILES string of the molecule is NS(=O)(=O)CCCNc1ccc(Cl)c(C(=O)O)n1. The fourth-order valence-corrected chi connectivity index (χ4v) is 1.91. The number of nitrogens with two attached hydrogens (primary N) is 1. The summed E-state index contributed by atoms with van der Waals surface area (Å²) in [6.45, 7) is 0.310. The maximum Gasteiger partial charge on any atom is 0.356 e. The molecule has 0 saturated carbocycles. The largest absolute Gasteiger partial charge is 0.476 e. The number of sulfonamides is 1. The van der Waals surface area contributed by atoms with Crippen LogP contribution >= 0.6 is 11.6 Å². The van der Waals surface area contributed by atoms with Crippen LogP contribution in [-0.2, 0) is 10.0 Å². The van der Waals surface area contributed by atoms with E-state index in [9.17, 15) is 13.2 Å². The second-order valence-corrected chi connectivity index (χ2v) is 5.62. The highest BCUT2D eigenvalue weighted by Crippen LogP contribution is 2.16. The van der Waals surface area contributed by atoms with Gasteiger partial charge >= 0.3 is 5.97 Å². The maximum absolute atomic E-state index is 10.8. The number of aromatic nitrogens is 1. The lowest BCUT2D eigenvalue weighted by molar-refractivity contribution is 0.0691. The van der Waals surface area contributed by atoms with E-state index in [4.69, 9.17) is 21.8 Å². The lowest BCUT2D eigenvalue weighted by Crippen LogP contribution is -2.19. The van der Waals surface area contributed by atoms with Gasteiger partial charge in [-0.2, -0.15) is 0 Å². The molecule has 0 amide bonds. The van der Waals surface area contributed by atoms with Crippen LogP contribution < -0.4 is 10.5 Å². The molecule has 4 N–H and O–H groups in total. The molecule has 0 radical (unpaired) electrons. The van der Waals surface area contributed by atoms with Crippen molar-refractivity contribution in [3.05, 3.63) is 22.8 Å². The first kappa shape index (κ1) is 14.7. The highest BCUT2D eigenvalue weighted by atomic mass is 35.5. The van der Waals surface area contributed by atoms with Crippen molar-refractivity contribution in [2.75, 3.05) is 17.6 Å². The molecular formula is C9H12ClN3O4S. The number of carboxylic acids is 1. The predicted octanol–water partition coefficient (Wildman–Crippen LogP) is 0.524. The Morgan fingerprint density at radius 2 is 2.17 bits per heavy atom. The van der Waals surface area contributed by atoms with Gasteiger partial charge in [0.25, 0.3) is 0 Å². The van der Waals surface area contributed by atoms with Gasteiger partial charge in [-0.15, -0.1) is 0 Å². The number of hydrogen-bond donors (Lipinski definition) is 3. The highest BCUT2D eigenvalue weighted by Gasteiger charge is 2.11. The van der Waals surface area contributed by atoms with E-state index in [0.717, 1.165) is 0 Å². The number of halogens is 1. The standard InChI is InChI=1S/C9H12ClN3O4S/c10-6-2-3-7(13-8(6)9(14)15)12-4-1-5-18(11,16)17/h2-3H,1,4-5H2,(H,12,13)(H,14,15)(H2,11,16,17).